The van der Waals surface area contributed by atoms with Crippen LogP contribution in [0.4, 0.5) is 10.1 Å². The summed E-state index contributed by atoms with van der Waals surface area (Å²) in [7, 11) is 0. The standard InChI is InChI=1S/C28H22FN7O2/c29-21-11-17(18-9-19(13-30-12-18)32-28(37)15-3-1-2-4-15)10-20-24(21)35-36-25(20)27-33-22-5-7-31-23(26(22)34-27)16-6-8-38-14-16/h5-15H,1-4H2,(H,32,37)(H,33,34)(H,35,36). The number of benzene rings is 1. The molecule has 1 aliphatic carbocycles. The number of anilines is 1. The number of amides is 1. The number of rotatable bonds is 5. The van der Waals surface area contributed by atoms with Crippen molar-refractivity contribution in [2.24, 2.45) is 5.92 Å². The number of fused-ring (bicyclic) bond motifs is 2. The highest BCUT2D eigenvalue weighted by molar-refractivity contribution is 5.98. The molecule has 0 bridgehead atoms. The molecule has 0 aliphatic heterocycles. The molecule has 5 aromatic heterocycles. The summed E-state index contributed by atoms with van der Waals surface area (Å²) in [5.41, 5.74) is 5.54. The third-order valence-corrected chi connectivity index (χ3v) is 7.11. The monoisotopic (exact) mass is 507 g/mol. The second-order valence-corrected chi connectivity index (χ2v) is 9.54. The summed E-state index contributed by atoms with van der Waals surface area (Å²) in [6.45, 7) is 0. The number of aromatic nitrogens is 6. The summed E-state index contributed by atoms with van der Waals surface area (Å²) >= 11 is 0. The van der Waals surface area contributed by atoms with Gasteiger partial charge in [-0.15, -0.1) is 0 Å². The molecule has 1 saturated carbocycles. The van der Waals surface area contributed by atoms with Crippen molar-refractivity contribution >= 4 is 33.5 Å². The van der Waals surface area contributed by atoms with E-state index in [1.165, 1.54) is 6.07 Å². The van der Waals surface area contributed by atoms with Crippen molar-refractivity contribution < 1.29 is 13.6 Å². The average Bonchev–Trinajstić information content (AvgIpc) is 3.74. The van der Waals surface area contributed by atoms with Crippen molar-refractivity contribution in [2.75, 3.05) is 5.32 Å². The van der Waals surface area contributed by atoms with Crippen LogP contribution in [0.2, 0.25) is 0 Å². The summed E-state index contributed by atoms with van der Waals surface area (Å²) in [4.78, 5) is 29.4. The number of imidazole rings is 1. The predicted molar refractivity (Wildman–Crippen MR) is 140 cm³/mol. The van der Waals surface area contributed by atoms with Gasteiger partial charge >= 0.3 is 0 Å². The molecule has 1 amide bonds. The molecule has 0 radical (unpaired) electrons. The van der Waals surface area contributed by atoms with Crippen molar-refractivity contribution in [3.05, 3.63) is 67.3 Å². The van der Waals surface area contributed by atoms with E-state index in [0.717, 1.165) is 36.8 Å². The van der Waals surface area contributed by atoms with E-state index in [1.54, 1.807) is 31.1 Å². The lowest BCUT2D eigenvalue weighted by atomic mass is 10.0. The van der Waals surface area contributed by atoms with Gasteiger partial charge in [0.25, 0.3) is 0 Å². The van der Waals surface area contributed by atoms with Crippen LogP contribution in [0.25, 0.3) is 55.8 Å². The number of hydrogen-bond acceptors (Lipinski definition) is 6. The molecular weight excluding hydrogens is 485 g/mol. The molecule has 1 fully saturated rings. The molecule has 0 atom stereocenters. The van der Waals surface area contributed by atoms with Crippen molar-refractivity contribution in [1.82, 2.24) is 30.1 Å². The van der Waals surface area contributed by atoms with Gasteiger partial charge in [-0.3, -0.25) is 19.9 Å². The molecule has 1 aromatic carbocycles. The van der Waals surface area contributed by atoms with Crippen LogP contribution in [0, 0.1) is 11.7 Å². The Morgan fingerprint density at radius 1 is 1.05 bits per heavy atom. The third-order valence-electron chi connectivity index (χ3n) is 7.11. The van der Waals surface area contributed by atoms with Gasteiger partial charge in [0.05, 0.1) is 29.9 Å². The second-order valence-electron chi connectivity index (χ2n) is 9.54. The maximum atomic E-state index is 15.2. The lowest BCUT2D eigenvalue weighted by Crippen LogP contribution is -2.20. The summed E-state index contributed by atoms with van der Waals surface area (Å²) in [6, 6.07) is 8.74. The summed E-state index contributed by atoms with van der Waals surface area (Å²) < 4.78 is 20.4. The number of nitrogens with zero attached hydrogens (tertiary/aromatic N) is 4. The molecule has 9 nitrogen and oxygen atoms in total. The summed E-state index contributed by atoms with van der Waals surface area (Å²) in [6.07, 6.45) is 12.1. The molecule has 1 aliphatic rings. The van der Waals surface area contributed by atoms with Crippen molar-refractivity contribution in [3.8, 4) is 33.9 Å². The van der Waals surface area contributed by atoms with Gasteiger partial charge < -0.3 is 14.7 Å². The van der Waals surface area contributed by atoms with Crippen LogP contribution in [-0.2, 0) is 4.79 Å². The van der Waals surface area contributed by atoms with Crippen LogP contribution in [-0.4, -0.2) is 36.0 Å². The maximum Gasteiger partial charge on any atom is 0.227 e. The van der Waals surface area contributed by atoms with E-state index in [0.29, 0.717) is 44.9 Å². The Morgan fingerprint density at radius 3 is 2.79 bits per heavy atom. The highest BCUT2D eigenvalue weighted by atomic mass is 19.1. The number of hydrogen-bond donors (Lipinski definition) is 3. The van der Waals surface area contributed by atoms with E-state index in [2.05, 4.69) is 30.5 Å². The number of carbonyl (C=O) groups is 1. The first-order valence-electron chi connectivity index (χ1n) is 12.5. The van der Waals surface area contributed by atoms with E-state index < -0.39 is 5.82 Å². The van der Waals surface area contributed by atoms with E-state index in [-0.39, 0.29) is 17.3 Å². The molecule has 0 spiro atoms. The summed E-state index contributed by atoms with van der Waals surface area (Å²) in [5, 5.41) is 10.7. The van der Waals surface area contributed by atoms with Gasteiger partial charge in [-0.1, -0.05) is 12.8 Å². The molecule has 0 unspecified atom stereocenters. The van der Waals surface area contributed by atoms with Gasteiger partial charge in [0, 0.05) is 34.8 Å². The minimum Gasteiger partial charge on any atom is -0.472 e. The highest BCUT2D eigenvalue weighted by Gasteiger charge is 2.23. The Kier molecular flexibility index (Phi) is 5.24. The fourth-order valence-electron chi connectivity index (χ4n) is 5.18. The fraction of sp³-hybridized carbons (Fsp3) is 0.179. The number of aromatic amines is 2. The maximum absolute atomic E-state index is 15.2. The first-order valence-corrected chi connectivity index (χ1v) is 12.5. The molecule has 10 heteroatoms. The van der Waals surface area contributed by atoms with E-state index in [1.807, 2.05) is 24.3 Å². The van der Waals surface area contributed by atoms with Crippen molar-refractivity contribution in [1.29, 1.82) is 0 Å². The Labute approximate surface area is 215 Å². The van der Waals surface area contributed by atoms with Crippen LogP contribution < -0.4 is 5.32 Å². The fourth-order valence-corrected chi connectivity index (χ4v) is 5.18. The largest absolute Gasteiger partial charge is 0.472 e. The molecular formula is C28H22FN7O2. The Morgan fingerprint density at radius 2 is 1.95 bits per heavy atom. The first-order chi connectivity index (χ1) is 18.6. The number of halogens is 1. The molecule has 5 heterocycles. The Bertz CT molecular complexity index is 1800. The van der Waals surface area contributed by atoms with E-state index in [9.17, 15) is 4.79 Å². The van der Waals surface area contributed by atoms with Gasteiger partial charge in [0.2, 0.25) is 5.91 Å². The lowest BCUT2D eigenvalue weighted by molar-refractivity contribution is -0.119. The number of carbonyl (C=O) groups excluding carboxylic acids is 1. The molecule has 3 N–H and O–H groups in total. The SMILES string of the molecule is O=C(Nc1cncc(-c2cc(F)c3[nH]nc(-c4nc5c(-c6ccoc6)nccc5[nH]4)c3c2)c1)C1CCCC1. The second kappa shape index (κ2) is 8.91. The molecule has 38 heavy (non-hydrogen) atoms. The van der Waals surface area contributed by atoms with Crippen molar-refractivity contribution in [3.63, 3.8) is 0 Å². The van der Waals surface area contributed by atoms with Gasteiger partial charge in [-0.2, -0.15) is 5.10 Å². The Hall–Kier alpha value is -4.86. The lowest BCUT2D eigenvalue weighted by Gasteiger charge is -2.11. The first kappa shape index (κ1) is 22.3. The average molecular weight is 508 g/mol. The van der Waals surface area contributed by atoms with Gasteiger partial charge in [-0.05, 0) is 48.7 Å². The van der Waals surface area contributed by atoms with E-state index >= 15 is 4.39 Å². The molecule has 188 valence electrons. The van der Waals surface area contributed by atoms with Crippen LogP contribution in [0.15, 0.2) is 65.9 Å². The van der Waals surface area contributed by atoms with Crippen LogP contribution >= 0.6 is 0 Å². The highest BCUT2D eigenvalue weighted by Crippen LogP contribution is 2.34. The Balaban J connectivity index is 1.28. The van der Waals surface area contributed by atoms with Gasteiger partial charge in [0.15, 0.2) is 5.82 Å². The molecule has 7 rings (SSSR count). The normalized spacial score (nSPS) is 14.0. The van der Waals surface area contributed by atoms with Crippen LogP contribution in [0.1, 0.15) is 25.7 Å². The minimum absolute atomic E-state index is 0.00867. The topological polar surface area (TPSA) is 125 Å². The third kappa shape index (κ3) is 3.81. The number of pyridine rings is 2. The van der Waals surface area contributed by atoms with Crippen LogP contribution in [0.3, 0.4) is 0 Å². The van der Waals surface area contributed by atoms with E-state index in [4.69, 9.17) is 9.40 Å². The quantitative estimate of drug-likeness (QED) is 0.259. The minimum atomic E-state index is -0.450. The van der Waals surface area contributed by atoms with Crippen molar-refractivity contribution in [2.45, 2.75) is 25.7 Å². The molecule has 0 saturated heterocycles. The zero-order chi connectivity index (χ0) is 25.6. The van der Waals surface area contributed by atoms with Gasteiger partial charge in [-0.25, -0.2) is 9.37 Å². The zero-order valence-corrected chi connectivity index (χ0v) is 20.2. The smallest absolute Gasteiger partial charge is 0.227 e. The summed E-state index contributed by atoms with van der Waals surface area (Å²) in [5.74, 6) is 0.0769. The molecule has 6 aromatic rings. The predicted octanol–water partition coefficient (Wildman–Crippen LogP) is 6.09. The van der Waals surface area contributed by atoms with Crippen LogP contribution in [0.5, 0.6) is 0 Å². The van der Waals surface area contributed by atoms with Gasteiger partial charge in [0.1, 0.15) is 28.2 Å². The zero-order valence-electron chi connectivity index (χ0n) is 20.2. The number of furan rings is 1. The number of H-pyrrole nitrogens is 2. The number of nitrogens with one attached hydrogen (secondary N) is 3.